The summed E-state index contributed by atoms with van der Waals surface area (Å²) in [5, 5.41) is 0.762. The standard InChI is InChI=1S/C24H15Cl2I2NO4/c1-31-21-10-13(8-19(28)22(21)32-12-15-4-2-3-5-18(15)27)9-20-24(30)33-23(29-20)14-6-7-16(25)17(26)11-14/h2-11H,12H2,1H3/b20-9-. The molecule has 3 aromatic rings. The maximum absolute atomic E-state index is 12.4. The SMILES string of the molecule is COc1cc(/C=C2\N=C(c3ccc(Cl)c(Cl)c3)OC2=O)cc(I)c1OCc1ccccc1I. The van der Waals surface area contributed by atoms with Crippen LogP contribution >= 0.6 is 68.4 Å². The molecule has 0 radical (unpaired) electrons. The zero-order chi connectivity index (χ0) is 23.5. The van der Waals surface area contributed by atoms with Crippen molar-refractivity contribution >= 4 is 86.3 Å². The van der Waals surface area contributed by atoms with E-state index in [1.165, 1.54) is 0 Å². The van der Waals surface area contributed by atoms with E-state index < -0.39 is 5.97 Å². The van der Waals surface area contributed by atoms with Crippen LogP contribution in [0.5, 0.6) is 11.5 Å². The molecule has 1 aliphatic heterocycles. The highest BCUT2D eigenvalue weighted by molar-refractivity contribution is 14.1. The fraction of sp³-hybridized carbons (Fsp3) is 0.0833. The maximum Gasteiger partial charge on any atom is 0.363 e. The van der Waals surface area contributed by atoms with Gasteiger partial charge in [0.15, 0.2) is 17.2 Å². The number of ether oxygens (including phenoxy) is 3. The van der Waals surface area contributed by atoms with Crippen LogP contribution in [-0.4, -0.2) is 19.0 Å². The molecule has 168 valence electrons. The van der Waals surface area contributed by atoms with Gasteiger partial charge in [0.2, 0.25) is 5.90 Å². The lowest BCUT2D eigenvalue weighted by Crippen LogP contribution is -2.05. The Morgan fingerprint density at radius 2 is 1.82 bits per heavy atom. The molecule has 0 atom stereocenters. The first-order valence-corrected chi connectivity index (χ1v) is 12.5. The van der Waals surface area contributed by atoms with Gasteiger partial charge < -0.3 is 14.2 Å². The van der Waals surface area contributed by atoms with Crippen molar-refractivity contribution in [2.24, 2.45) is 4.99 Å². The van der Waals surface area contributed by atoms with Crippen molar-refractivity contribution in [3.8, 4) is 11.5 Å². The summed E-state index contributed by atoms with van der Waals surface area (Å²) < 4.78 is 18.9. The van der Waals surface area contributed by atoms with Crippen molar-refractivity contribution in [2.75, 3.05) is 7.11 Å². The number of cyclic esters (lactones) is 1. The fourth-order valence-electron chi connectivity index (χ4n) is 3.05. The highest BCUT2D eigenvalue weighted by Gasteiger charge is 2.25. The van der Waals surface area contributed by atoms with Gasteiger partial charge in [-0.15, -0.1) is 0 Å². The molecule has 5 nitrogen and oxygen atoms in total. The average Bonchev–Trinajstić information content (AvgIpc) is 3.15. The van der Waals surface area contributed by atoms with Crippen LogP contribution in [0.4, 0.5) is 0 Å². The van der Waals surface area contributed by atoms with Crippen LogP contribution in [0.2, 0.25) is 10.0 Å². The number of carbonyl (C=O) groups excluding carboxylic acids is 1. The quantitative estimate of drug-likeness (QED) is 0.156. The summed E-state index contributed by atoms with van der Waals surface area (Å²) in [5.74, 6) is 0.807. The van der Waals surface area contributed by atoms with Crippen molar-refractivity contribution in [1.82, 2.24) is 0 Å². The number of esters is 1. The molecule has 1 aliphatic rings. The molecule has 0 bridgehead atoms. The number of aliphatic imine (C=N–C) groups is 1. The Labute approximate surface area is 228 Å². The zero-order valence-corrected chi connectivity index (χ0v) is 22.9. The van der Waals surface area contributed by atoms with Crippen LogP contribution in [0.1, 0.15) is 16.7 Å². The highest BCUT2D eigenvalue weighted by Crippen LogP contribution is 2.36. The summed E-state index contributed by atoms with van der Waals surface area (Å²) in [4.78, 5) is 16.7. The number of hydrogen-bond donors (Lipinski definition) is 0. The molecule has 0 unspecified atom stereocenters. The summed E-state index contributed by atoms with van der Waals surface area (Å²) in [7, 11) is 1.58. The van der Waals surface area contributed by atoms with Gasteiger partial charge in [-0.25, -0.2) is 9.79 Å². The minimum atomic E-state index is -0.552. The van der Waals surface area contributed by atoms with Crippen LogP contribution in [0.25, 0.3) is 6.08 Å². The second kappa shape index (κ2) is 10.6. The molecule has 0 fully saturated rings. The van der Waals surface area contributed by atoms with Gasteiger partial charge in [-0.3, -0.25) is 0 Å². The Bertz CT molecular complexity index is 1310. The third-order valence-electron chi connectivity index (χ3n) is 4.67. The van der Waals surface area contributed by atoms with Crippen LogP contribution < -0.4 is 9.47 Å². The van der Waals surface area contributed by atoms with Gasteiger partial charge in [0.1, 0.15) is 6.61 Å². The van der Waals surface area contributed by atoms with E-state index in [2.05, 4.69) is 50.2 Å². The first kappa shape index (κ1) is 24.3. The first-order chi connectivity index (χ1) is 15.9. The molecular weight excluding hydrogens is 691 g/mol. The van der Waals surface area contributed by atoms with Crippen molar-refractivity contribution in [3.05, 3.63) is 94.2 Å². The number of hydrogen-bond acceptors (Lipinski definition) is 5. The second-order valence-electron chi connectivity index (χ2n) is 6.88. The predicted molar refractivity (Wildman–Crippen MR) is 146 cm³/mol. The first-order valence-electron chi connectivity index (χ1n) is 9.57. The molecule has 1 heterocycles. The van der Waals surface area contributed by atoms with E-state index in [9.17, 15) is 4.79 Å². The second-order valence-corrected chi connectivity index (χ2v) is 10.0. The van der Waals surface area contributed by atoms with E-state index in [1.54, 1.807) is 37.5 Å². The number of benzene rings is 3. The lowest BCUT2D eigenvalue weighted by molar-refractivity contribution is -0.129. The third-order valence-corrected chi connectivity index (χ3v) is 7.26. The Morgan fingerprint density at radius 1 is 1.03 bits per heavy atom. The van der Waals surface area contributed by atoms with E-state index in [4.69, 9.17) is 37.4 Å². The molecule has 0 N–H and O–H groups in total. The minimum absolute atomic E-state index is 0.168. The van der Waals surface area contributed by atoms with Gasteiger partial charge in [0.05, 0.1) is 20.7 Å². The topological polar surface area (TPSA) is 57.1 Å². The zero-order valence-electron chi connectivity index (χ0n) is 17.1. The lowest BCUT2D eigenvalue weighted by atomic mass is 10.1. The number of rotatable bonds is 6. The smallest absolute Gasteiger partial charge is 0.363 e. The molecule has 4 rings (SSSR count). The van der Waals surface area contributed by atoms with E-state index in [1.807, 2.05) is 30.3 Å². The van der Waals surface area contributed by atoms with Gasteiger partial charge in [0.25, 0.3) is 0 Å². The van der Waals surface area contributed by atoms with Crippen LogP contribution in [0, 0.1) is 7.14 Å². The Hall–Kier alpha value is -1.82. The summed E-state index contributed by atoms with van der Waals surface area (Å²) in [6.45, 7) is 0.412. The normalized spacial score (nSPS) is 14.3. The Kier molecular flexibility index (Phi) is 7.83. The van der Waals surface area contributed by atoms with Gasteiger partial charge in [0, 0.05) is 14.7 Å². The summed E-state index contributed by atoms with van der Waals surface area (Å²) in [5.41, 5.74) is 2.54. The maximum atomic E-state index is 12.4. The van der Waals surface area contributed by atoms with Gasteiger partial charge in [-0.1, -0.05) is 41.4 Å². The number of halogens is 4. The largest absolute Gasteiger partial charge is 0.493 e. The number of nitrogens with zero attached hydrogens (tertiary/aromatic N) is 1. The molecule has 0 aromatic heterocycles. The van der Waals surface area contributed by atoms with E-state index in [0.717, 1.165) is 18.3 Å². The highest BCUT2D eigenvalue weighted by atomic mass is 127. The molecule has 3 aromatic carbocycles. The summed E-state index contributed by atoms with van der Waals surface area (Å²) in [6, 6.07) is 16.6. The molecule has 0 saturated carbocycles. The molecule has 0 saturated heterocycles. The third kappa shape index (κ3) is 5.64. The van der Waals surface area contributed by atoms with Crippen molar-refractivity contribution in [1.29, 1.82) is 0 Å². The number of carbonyl (C=O) groups is 1. The Balaban J connectivity index is 1.60. The molecule has 0 amide bonds. The lowest BCUT2D eigenvalue weighted by Gasteiger charge is -2.14. The van der Waals surface area contributed by atoms with Crippen LogP contribution in [-0.2, 0) is 16.1 Å². The summed E-state index contributed by atoms with van der Waals surface area (Å²) >= 11 is 16.5. The molecule has 33 heavy (non-hydrogen) atoms. The Morgan fingerprint density at radius 3 is 2.55 bits per heavy atom. The minimum Gasteiger partial charge on any atom is -0.493 e. The van der Waals surface area contributed by atoms with Crippen LogP contribution in [0.3, 0.4) is 0 Å². The van der Waals surface area contributed by atoms with Gasteiger partial charge >= 0.3 is 5.97 Å². The van der Waals surface area contributed by atoms with Crippen LogP contribution in [0.15, 0.2) is 65.3 Å². The van der Waals surface area contributed by atoms with Crippen molar-refractivity contribution in [2.45, 2.75) is 6.61 Å². The molecule has 9 heteroatoms. The van der Waals surface area contributed by atoms with Gasteiger partial charge in [-0.05, 0) is 93.2 Å². The molecular formula is C24H15Cl2I2NO4. The predicted octanol–water partition coefficient (Wildman–Crippen LogP) is 7.13. The summed E-state index contributed by atoms with van der Waals surface area (Å²) in [6.07, 6.45) is 1.64. The van der Waals surface area contributed by atoms with Gasteiger partial charge in [-0.2, -0.15) is 0 Å². The fourth-order valence-corrected chi connectivity index (χ4v) is 4.67. The van der Waals surface area contributed by atoms with E-state index in [-0.39, 0.29) is 11.6 Å². The molecule has 0 aliphatic carbocycles. The van der Waals surface area contributed by atoms with Crippen molar-refractivity contribution < 1.29 is 19.0 Å². The monoisotopic (exact) mass is 705 g/mol. The van der Waals surface area contributed by atoms with E-state index in [0.29, 0.717) is 33.7 Å². The number of methoxy groups -OCH3 is 1. The van der Waals surface area contributed by atoms with Crippen molar-refractivity contribution in [3.63, 3.8) is 0 Å². The molecule has 0 spiro atoms. The average molecular weight is 706 g/mol. The van der Waals surface area contributed by atoms with E-state index >= 15 is 0 Å².